The van der Waals surface area contributed by atoms with Crippen LogP contribution < -0.4 is 0 Å². The van der Waals surface area contributed by atoms with Crippen molar-refractivity contribution >= 4 is 43.4 Å². The Bertz CT molecular complexity index is 2450. The average molecular weight is 573 g/mol. The smallest absolute Gasteiger partial charge is 0.0702 e. The molecule has 2 heteroatoms. The Hall–Kier alpha value is -5.99. The van der Waals surface area contributed by atoms with Crippen molar-refractivity contribution in [2.24, 2.45) is 0 Å². The maximum atomic E-state index is 5.06. The minimum absolute atomic E-state index is 0.965. The summed E-state index contributed by atoms with van der Waals surface area (Å²) in [4.78, 5) is 5.06. The lowest BCUT2D eigenvalue weighted by Gasteiger charge is -2.17. The Morgan fingerprint density at radius 2 is 0.867 bits per heavy atom. The van der Waals surface area contributed by atoms with Crippen LogP contribution in [0.4, 0.5) is 0 Å². The molecule has 0 bridgehead atoms. The third-order valence-electron chi connectivity index (χ3n) is 9.03. The van der Waals surface area contributed by atoms with Gasteiger partial charge in [-0.3, -0.25) is 4.98 Å². The molecule has 0 aliphatic heterocycles. The highest BCUT2D eigenvalue weighted by atomic mass is 15.0. The van der Waals surface area contributed by atoms with E-state index in [0.717, 1.165) is 22.5 Å². The zero-order valence-corrected chi connectivity index (χ0v) is 24.6. The molecule has 0 aliphatic carbocycles. The highest BCUT2D eigenvalue weighted by Gasteiger charge is 2.17. The summed E-state index contributed by atoms with van der Waals surface area (Å²) in [6.07, 6.45) is 2.04. The van der Waals surface area contributed by atoms with Gasteiger partial charge in [-0.25, -0.2) is 0 Å². The molecular weight excluding hydrogens is 544 g/mol. The van der Waals surface area contributed by atoms with Gasteiger partial charge < -0.3 is 4.57 Å². The molecule has 0 radical (unpaired) electrons. The van der Waals surface area contributed by atoms with Crippen LogP contribution in [0.5, 0.6) is 0 Å². The maximum absolute atomic E-state index is 5.06. The number of pyridine rings is 1. The van der Waals surface area contributed by atoms with Crippen molar-refractivity contribution < 1.29 is 0 Å². The first-order valence-electron chi connectivity index (χ1n) is 15.4. The summed E-state index contributed by atoms with van der Waals surface area (Å²) < 4.78 is 2.35. The Morgan fingerprint density at radius 1 is 0.356 bits per heavy atom. The molecule has 0 spiro atoms. The lowest BCUT2D eigenvalue weighted by molar-refractivity contribution is 1.18. The van der Waals surface area contributed by atoms with Crippen molar-refractivity contribution in [3.63, 3.8) is 0 Å². The predicted molar refractivity (Wildman–Crippen MR) is 190 cm³/mol. The summed E-state index contributed by atoms with van der Waals surface area (Å²) >= 11 is 0. The SMILES string of the molecule is c1ccc(-c2c3ccccc3c(-c3ccc(-c4ccc5c(c4)c4ccccc4n5-c4ccccc4)nc3)c3ccccc23)cc1. The standard InChI is InChI=1S/C43H28N2/c1-3-13-29(14-4-1)42-34-18-7-9-20-36(34)43(37-21-10-8-19-35(37)42)31-23-25-39(44-28-31)30-24-26-41-38(27-30)33-17-11-12-22-40(33)45(41)32-15-5-2-6-16-32/h1-28H. The summed E-state index contributed by atoms with van der Waals surface area (Å²) in [5.41, 5.74) is 10.5. The molecule has 2 heterocycles. The lowest BCUT2D eigenvalue weighted by atomic mass is 9.86. The summed E-state index contributed by atoms with van der Waals surface area (Å²) in [6.45, 7) is 0. The number of hydrogen-bond donors (Lipinski definition) is 0. The molecule has 0 fully saturated rings. The zero-order chi connectivity index (χ0) is 29.7. The van der Waals surface area contributed by atoms with Crippen molar-refractivity contribution in [3.8, 4) is 39.2 Å². The van der Waals surface area contributed by atoms with Crippen LogP contribution in [0.15, 0.2) is 170 Å². The van der Waals surface area contributed by atoms with Crippen LogP contribution in [0, 0.1) is 0 Å². The second-order valence-electron chi connectivity index (χ2n) is 11.6. The van der Waals surface area contributed by atoms with E-state index in [9.17, 15) is 0 Å². The van der Waals surface area contributed by atoms with Gasteiger partial charge in [-0.15, -0.1) is 0 Å². The number of aromatic nitrogens is 2. The highest BCUT2D eigenvalue weighted by Crippen LogP contribution is 2.43. The summed E-state index contributed by atoms with van der Waals surface area (Å²) in [6, 6.07) is 58.6. The van der Waals surface area contributed by atoms with Crippen molar-refractivity contribution in [1.29, 1.82) is 0 Å². The van der Waals surface area contributed by atoms with Crippen molar-refractivity contribution in [3.05, 3.63) is 170 Å². The zero-order valence-electron chi connectivity index (χ0n) is 24.6. The molecule has 0 unspecified atom stereocenters. The Kier molecular flexibility index (Phi) is 5.85. The number of benzene rings is 7. The quantitative estimate of drug-likeness (QED) is 0.192. The first-order valence-corrected chi connectivity index (χ1v) is 15.4. The molecule has 9 aromatic rings. The molecule has 0 aliphatic rings. The third-order valence-corrected chi connectivity index (χ3v) is 9.03. The molecule has 0 amide bonds. The molecule has 0 N–H and O–H groups in total. The van der Waals surface area contributed by atoms with Crippen molar-refractivity contribution in [1.82, 2.24) is 9.55 Å². The van der Waals surface area contributed by atoms with Gasteiger partial charge in [0.05, 0.1) is 16.7 Å². The largest absolute Gasteiger partial charge is 0.309 e. The second-order valence-corrected chi connectivity index (χ2v) is 11.6. The van der Waals surface area contributed by atoms with Gasteiger partial charge in [0, 0.05) is 33.8 Å². The van der Waals surface area contributed by atoms with E-state index >= 15 is 0 Å². The van der Waals surface area contributed by atoms with E-state index in [1.165, 1.54) is 60.0 Å². The van der Waals surface area contributed by atoms with E-state index < -0.39 is 0 Å². The minimum atomic E-state index is 0.965. The van der Waals surface area contributed by atoms with E-state index in [1.54, 1.807) is 0 Å². The predicted octanol–water partition coefficient (Wildman–Crippen LogP) is 11.5. The molecule has 9 rings (SSSR count). The van der Waals surface area contributed by atoms with Crippen LogP contribution in [-0.2, 0) is 0 Å². The fourth-order valence-corrected chi connectivity index (χ4v) is 7.06. The Labute approximate surface area is 261 Å². The van der Waals surface area contributed by atoms with Gasteiger partial charge in [0.25, 0.3) is 0 Å². The van der Waals surface area contributed by atoms with Gasteiger partial charge >= 0.3 is 0 Å². The number of rotatable bonds is 4. The van der Waals surface area contributed by atoms with Crippen LogP contribution in [0.25, 0.3) is 82.5 Å². The Balaban J connectivity index is 1.20. The van der Waals surface area contributed by atoms with Crippen molar-refractivity contribution in [2.45, 2.75) is 0 Å². The molecule has 7 aromatic carbocycles. The van der Waals surface area contributed by atoms with E-state index in [0.29, 0.717) is 0 Å². The highest BCUT2D eigenvalue weighted by molar-refractivity contribution is 6.21. The van der Waals surface area contributed by atoms with Gasteiger partial charge in [0.2, 0.25) is 0 Å². The summed E-state index contributed by atoms with van der Waals surface area (Å²) in [5.74, 6) is 0. The number of fused-ring (bicyclic) bond motifs is 5. The average Bonchev–Trinajstić information content (AvgIpc) is 3.45. The maximum Gasteiger partial charge on any atom is 0.0702 e. The first-order chi connectivity index (χ1) is 22.3. The molecule has 210 valence electrons. The lowest BCUT2D eigenvalue weighted by Crippen LogP contribution is -1.93. The number of nitrogens with zero attached hydrogens (tertiary/aromatic N) is 2. The van der Waals surface area contributed by atoms with Gasteiger partial charge in [0.15, 0.2) is 0 Å². The first kappa shape index (κ1) is 25.5. The molecule has 0 saturated carbocycles. The molecule has 2 nitrogen and oxygen atoms in total. The van der Waals surface area contributed by atoms with Crippen LogP contribution in [-0.4, -0.2) is 9.55 Å². The van der Waals surface area contributed by atoms with E-state index in [4.69, 9.17) is 4.98 Å². The van der Waals surface area contributed by atoms with E-state index in [-0.39, 0.29) is 0 Å². The summed E-state index contributed by atoms with van der Waals surface area (Å²) in [7, 11) is 0. The second kappa shape index (κ2) is 10.3. The van der Waals surface area contributed by atoms with Gasteiger partial charge in [-0.2, -0.15) is 0 Å². The molecule has 0 atom stereocenters. The molecule has 45 heavy (non-hydrogen) atoms. The topological polar surface area (TPSA) is 17.8 Å². The van der Waals surface area contributed by atoms with Crippen molar-refractivity contribution in [2.75, 3.05) is 0 Å². The van der Waals surface area contributed by atoms with Crippen LogP contribution in [0.1, 0.15) is 0 Å². The monoisotopic (exact) mass is 572 g/mol. The van der Waals surface area contributed by atoms with Gasteiger partial charge in [0.1, 0.15) is 0 Å². The number of hydrogen-bond acceptors (Lipinski definition) is 1. The van der Waals surface area contributed by atoms with Crippen LogP contribution >= 0.6 is 0 Å². The fourth-order valence-electron chi connectivity index (χ4n) is 7.06. The molecular formula is C43H28N2. The molecule has 2 aromatic heterocycles. The number of para-hydroxylation sites is 2. The normalized spacial score (nSPS) is 11.6. The minimum Gasteiger partial charge on any atom is -0.309 e. The van der Waals surface area contributed by atoms with Gasteiger partial charge in [-0.05, 0) is 74.6 Å². The Morgan fingerprint density at radius 3 is 1.49 bits per heavy atom. The van der Waals surface area contributed by atoms with Crippen LogP contribution in [0.2, 0.25) is 0 Å². The van der Waals surface area contributed by atoms with E-state index in [2.05, 4.69) is 168 Å². The molecule has 0 saturated heterocycles. The van der Waals surface area contributed by atoms with Gasteiger partial charge in [-0.1, -0.05) is 127 Å². The van der Waals surface area contributed by atoms with Crippen LogP contribution in [0.3, 0.4) is 0 Å². The van der Waals surface area contributed by atoms with E-state index in [1.807, 2.05) is 6.20 Å². The summed E-state index contributed by atoms with van der Waals surface area (Å²) in [5, 5.41) is 7.44. The fraction of sp³-hybridized carbons (Fsp3) is 0. The third kappa shape index (κ3) is 4.07.